The summed E-state index contributed by atoms with van der Waals surface area (Å²) in [6.45, 7) is 5.14. The molecule has 1 aromatic carbocycles. The number of nitro groups is 1. The Balaban J connectivity index is 2.08. The molecule has 0 N–H and O–H groups in total. The minimum atomic E-state index is -0.925. The highest BCUT2D eigenvalue weighted by Crippen LogP contribution is 2.24. The van der Waals surface area contributed by atoms with Crippen molar-refractivity contribution in [2.45, 2.75) is 40.2 Å². The van der Waals surface area contributed by atoms with Gasteiger partial charge in [0.1, 0.15) is 5.56 Å². The summed E-state index contributed by atoms with van der Waals surface area (Å²) in [5.41, 5.74) is 1.73. The van der Waals surface area contributed by atoms with E-state index in [9.17, 15) is 24.5 Å². The van der Waals surface area contributed by atoms with Crippen molar-refractivity contribution < 1.29 is 28.8 Å². The number of aromatic nitrogens is 1. The molecule has 30 heavy (non-hydrogen) atoms. The number of para-hydroxylation sites is 1. The number of aryl methyl sites for hydroxylation is 2. The largest absolute Gasteiger partial charge is 0.469 e. The van der Waals surface area contributed by atoms with E-state index in [2.05, 4.69) is 4.74 Å². The van der Waals surface area contributed by atoms with E-state index in [-0.39, 0.29) is 23.6 Å². The van der Waals surface area contributed by atoms with Crippen LogP contribution in [0.1, 0.15) is 50.5 Å². The van der Waals surface area contributed by atoms with Gasteiger partial charge in [-0.3, -0.25) is 19.7 Å². The minimum Gasteiger partial charge on any atom is -0.469 e. The maximum absolute atomic E-state index is 12.6. The zero-order valence-electron chi connectivity index (χ0n) is 17.4. The first-order valence-corrected chi connectivity index (χ1v) is 9.35. The van der Waals surface area contributed by atoms with Crippen molar-refractivity contribution in [3.05, 3.63) is 62.5 Å². The Hall–Kier alpha value is -3.49. The molecule has 0 unspecified atom stereocenters. The van der Waals surface area contributed by atoms with Crippen LogP contribution < -0.4 is 0 Å². The van der Waals surface area contributed by atoms with Gasteiger partial charge in [0.25, 0.3) is 5.69 Å². The first kappa shape index (κ1) is 22.8. The molecule has 160 valence electrons. The molecule has 1 aromatic heterocycles. The number of nitro benzene ring substituents is 1. The quantitative estimate of drug-likeness (QED) is 0.266. The van der Waals surface area contributed by atoms with Gasteiger partial charge in [-0.05, 0) is 39.3 Å². The average molecular weight is 416 g/mol. The van der Waals surface area contributed by atoms with E-state index in [1.54, 1.807) is 13.0 Å². The van der Waals surface area contributed by atoms with Crippen LogP contribution in [0.25, 0.3) is 0 Å². The number of Topliss-reactive ketones (excluding diaryl/α,β-unsaturated/α-hetero) is 1. The van der Waals surface area contributed by atoms with E-state index in [0.29, 0.717) is 29.8 Å². The molecule has 0 amide bonds. The molecule has 0 aliphatic carbocycles. The number of esters is 2. The van der Waals surface area contributed by atoms with Gasteiger partial charge in [-0.15, -0.1) is 0 Å². The zero-order chi connectivity index (χ0) is 22.4. The standard InChI is InChI=1S/C21H24N2O7/c1-13-7-5-8-16(20(13)23(27)28)21(26)30-12-18(24)17-11-14(2)22(15(17)3)10-6-9-19(25)29-4/h5,7-8,11H,6,9-10,12H2,1-4H3. The topological polar surface area (TPSA) is 118 Å². The number of methoxy groups -OCH3 is 1. The smallest absolute Gasteiger partial charge is 0.345 e. The summed E-state index contributed by atoms with van der Waals surface area (Å²) >= 11 is 0. The molecule has 0 atom stereocenters. The highest BCUT2D eigenvalue weighted by Gasteiger charge is 2.25. The minimum absolute atomic E-state index is 0.193. The van der Waals surface area contributed by atoms with Crippen molar-refractivity contribution in [3.63, 3.8) is 0 Å². The maximum atomic E-state index is 12.6. The van der Waals surface area contributed by atoms with E-state index in [4.69, 9.17) is 4.74 Å². The summed E-state index contributed by atoms with van der Waals surface area (Å²) in [6.07, 6.45) is 0.826. The first-order valence-electron chi connectivity index (χ1n) is 9.35. The number of ether oxygens (including phenoxy) is 2. The molecule has 0 aliphatic rings. The fourth-order valence-electron chi connectivity index (χ4n) is 3.26. The number of benzene rings is 1. The number of hydrogen-bond acceptors (Lipinski definition) is 7. The van der Waals surface area contributed by atoms with Gasteiger partial charge >= 0.3 is 11.9 Å². The second-order valence-corrected chi connectivity index (χ2v) is 6.84. The van der Waals surface area contributed by atoms with Crippen LogP contribution >= 0.6 is 0 Å². The van der Waals surface area contributed by atoms with E-state index >= 15 is 0 Å². The van der Waals surface area contributed by atoms with Gasteiger partial charge in [-0.2, -0.15) is 0 Å². The van der Waals surface area contributed by atoms with Crippen molar-refractivity contribution in [1.29, 1.82) is 0 Å². The Morgan fingerprint density at radius 1 is 1.13 bits per heavy atom. The third kappa shape index (κ3) is 5.11. The molecule has 0 radical (unpaired) electrons. The molecule has 2 rings (SSSR count). The van der Waals surface area contributed by atoms with E-state index < -0.39 is 23.3 Å². The summed E-state index contributed by atoms with van der Waals surface area (Å²) in [5, 5.41) is 11.2. The normalized spacial score (nSPS) is 10.5. The van der Waals surface area contributed by atoms with Crippen LogP contribution in [0.5, 0.6) is 0 Å². The van der Waals surface area contributed by atoms with E-state index in [1.807, 2.05) is 11.5 Å². The van der Waals surface area contributed by atoms with Gasteiger partial charge in [0.2, 0.25) is 5.78 Å². The van der Waals surface area contributed by atoms with E-state index in [0.717, 1.165) is 5.69 Å². The van der Waals surface area contributed by atoms with Crippen LogP contribution in [0.4, 0.5) is 5.69 Å². The third-order valence-corrected chi connectivity index (χ3v) is 4.84. The van der Waals surface area contributed by atoms with E-state index in [1.165, 1.54) is 32.2 Å². The molecule has 0 saturated carbocycles. The molecule has 0 spiro atoms. The van der Waals surface area contributed by atoms with Gasteiger partial charge in [0.15, 0.2) is 6.61 Å². The first-order chi connectivity index (χ1) is 14.2. The van der Waals surface area contributed by atoms with Crippen molar-refractivity contribution in [2.24, 2.45) is 0 Å². The lowest BCUT2D eigenvalue weighted by Gasteiger charge is -2.09. The van der Waals surface area contributed by atoms with Gasteiger partial charge < -0.3 is 14.0 Å². The fraction of sp³-hybridized carbons (Fsp3) is 0.381. The Morgan fingerprint density at radius 3 is 2.47 bits per heavy atom. The fourth-order valence-corrected chi connectivity index (χ4v) is 3.26. The lowest BCUT2D eigenvalue weighted by molar-refractivity contribution is -0.385. The second kappa shape index (κ2) is 9.82. The highest BCUT2D eigenvalue weighted by atomic mass is 16.6. The molecule has 1 heterocycles. The van der Waals surface area contributed by atoms with Crippen LogP contribution in [-0.2, 0) is 20.8 Å². The van der Waals surface area contributed by atoms with Crippen LogP contribution in [0.2, 0.25) is 0 Å². The zero-order valence-corrected chi connectivity index (χ0v) is 17.4. The highest BCUT2D eigenvalue weighted by molar-refractivity contribution is 6.01. The lowest BCUT2D eigenvalue weighted by Crippen LogP contribution is -2.16. The molecular weight excluding hydrogens is 392 g/mol. The number of carbonyl (C=O) groups is 3. The lowest BCUT2D eigenvalue weighted by atomic mass is 10.1. The van der Waals surface area contributed by atoms with Crippen LogP contribution in [0, 0.1) is 30.9 Å². The van der Waals surface area contributed by atoms with Crippen LogP contribution in [0.3, 0.4) is 0 Å². The monoisotopic (exact) mass is 416 g/mol. The van der Waals surface area contributed by atoms with Gasteiger partial charge in [-0.1, -0.05) is 12.1 Å². The average Bonchev–Trinajstić information content (AvgIpc) is 2.99. The van der Waals surface area contributed by atoms with Crippen LogP contribution in [-0.4, -0.2) is 40.9 Å². The number of rotatable bonds is 9. The molecule has 0 fully saturated rings. The molecule has 9 nitrogen and oxygen atoms in total. The Morgan fingerprint density at radius 2 is 1.83 bits per heavy atom. The molecule has 0 aliphatic heterocycles. The number of carbonyl (C=O) groups excluding carboxylic acids is 3. The van der Waals surface area contributed by atoms with Crippen LogP contribution in [0.15, 0.2) is 24.3 Å². The molecule has 9 heteroatoms. The molecular formula is C21H24N2O7. The van der Waals surface area contributed by atoms with Crippen molar-refractivity contribution >= 4 is 23.4 Å². The SMILES string of the molecule is COC(=O)CCCn1c(C)cc(C(=O)COC(=O)c2cccc(C)c2[N+](=O)[O-])c1C. The predicted octanol–water partition coefficient (Wildman–Crippen LogP) is 3.31. The summed E-state index contributed by atoms with van der Waals surface area (Å²) in [7, 11) is 1.33. The maximum Gasteiger partial charge on any atom is 0.345 e. The second-order valence-electron chi connectivity index (χ2n) is 6.84. The van der Waals surface area contributed by atoms with Gasteiger partial charge in [0.05, 0.1) is 12.0 Å². The Labute approximate surface area is 173 Å². The van der Waals surface area contributed by atoms with Crippen molar-refractivity contribution in [2.75, 3.05) is 13.7 Å². The van der Waals surface area contributed by atoms with Crippen molar-refractivity contribution in [1.82, 2.24) is 4.57 Å². The molecule has 0 saturated heterocycles. The Bertz CT molecular complexity index is 991. The summed E-state index contributed by atoms with van der Waals surface area (Å²) in [6, 6.07) is 6.03. The summed E-state index contributed by atoms with van der Waals surface area (Å²) in [5.74, 6) is -1.64. The van der Waals surface area contributed by atoms with Gasteiger partial charge in [-0.25, -0.2) is 4.79 Å². The third-order valence-electron chi connectivity index (χ3n) is 4.84. The number of hydrogen-bond donors (Lipinski definition) is 0. The molecule has 2 aromatic rings. The number of nitrogens with zero attached hydrogens (tertiary/aromatic N) is 2. The Kier molecular flexibility index (Phi) is 7.46. The number of ketones is 1. The van der Waals surface area contributed by atoms with Gasteiger partial charge in [0, 0.05) is 35.5 Å². The van der Waals surface area contributed by atoms with Crippen molar-refractivity contribution in [3.8, 4) is 0 Å². The predicted molar refractivity (Wildman–Crippen MR) is 108 cm³/mol. The summed E-state index contributed by atoms with van der Waals surface area (Å²) in [4.78, 5) is 46.8. The summed E-state index contributed by atoms with van der Waals surface area (Å²) < 4.78 is 11.6. The molecule has 0 bridgehead atoms.